The summed E-state index contributed by atoms with van der Waals surface area (Å²) in [6, 6.07) is 7.32. The molecule has 0 saturated carbocycles. The van der Waals surface area contributed by atoms with Crippen molar-refractivity contribution in [2.45, 2.75) is 18.2 Å². The molecule has 6 nitrogen and oxygen atoms in total. The lowest BCUT2D eigenvalue weighted by molar-refractivity contribution is -0.113. The second-order valence-corrected chi connectivity index (χ2v) is 7.38. The first kappa shape index (κ1) is 17.6. The molecule has 0 aliphatic heterocycles. The molecular weight excluding hydrogens is 332 g/mol. The number of carbonyl (C=O) groups is 1. The Morgan fingerprint density at radius 1 is 1.35 bits per heavy atom. The highest BCUT2D eigenvalue weighted by Crippen LogP contribution is 2.27. The van der Waals surface area contributed by atoms with E-state index in [1.54, 1.807) is 19.2 Å². The van der Waals surface area contributed by atoms with E-state index in [1.807, 2.05) is 12.1 Å². The van der Waals surface area contributed by atoms with Crippen LogP contribution < -0.4 is 15.4 Å². The van der Waals surface area contributed by atoms with Gasteiger partial charge < -0.3 is 15.4 Å². The Hall–Kier alpha value is -1.80. The number of para-hydroxylation sites is 2. The van der Waals surface area contributed by atoms with Crippen LogP contribution in [0.3, 0.4) is 0 Å². The first-order valence-corrected chi connectivity index (χ1v) is 9.01. The van der Waals surface area contributed by atoms with Gasteiger partial charge in [0.15, 0.2) is 4.34 Å². The molecule has 1 aromatic carbocycles. The van der Waals surface area contributed by atoms with Crippen molar-refractivity contribution in [2.24, 2.45) is 5.92 Å². The monoisotopic (exact) mass is 352 g/mol. The van der Waals surface area contributed by atoms with E-state index in [9.17, 15) is 4.79 Å². The van der Waals surface area contributed by atoms with Crippen molar-refractivity contribution >= 4 is 39.8 Å². The number of hydrogen-bond donors (Lipinski definition) is 2. The predicted molar refractivity (Wildman–Crippen MR) is 95.6 cm³/mol. The van der Waals surface area contributed by atoms with E-state index in [4.69, 9.17) is 4.74 Å². The minimum atomic E-state index is -0.105. The lowest BCUT2D eigenvalue weighted by Crippen LogP contribution is -2.14. The van der Waals surface area contributed by atoms with Gasteiger partial charge in [-0.05, 0) is 18.1 Å². The molecule has 0 unspecified atom stereocenters. The van der Waals surface area contributed by atoms with Crippen LogP contribution in [0.2, 0.25) is 0 Å². The van der Waals surface area contributed by atoms with Gasteiger partial charge in [-0.3, -0.25) is 4.79 Å². The number of nitrogens with zero attached hydrogens (tertiary/aromatic N) is 2. The van der Waals surface area contributed by atoms with Crippen molar-refractivity contribution < 1.29 is 9.53 Å². The van der Waals surface area contributed by atoms with E-state index in [1.165, 1.54) is 23.1 Å². The highest BCUT2D eigenvalue weighted by Gasteiger charge is 2.10. The van der Waals surface area contributed by atoms with Gasteiger partial charge >= 0.3 is 0 Å². The fraction of sp³-hybridized carbons (Fsp3) is 0.400. The van der Waals surface area contributed by atoms with Crippen LogP contribution >= 0.6 is 23.1 Å². The molecule has 23 heavy (non-hydrogen) atoms. The average Bonchev–Trinajstić information content (AvgIpc) is 2.99. The number of hydrogen-bond acceptors (Lipinski definition) is 7. The quantitative estimate of drug-likeness (QED) is 0.710. The predicted octanol–water partition coefficient (Wildman–Crippen LogP) is 3.35. The van der Waals surface area contributed by atoms with Crippen molar-refractivity contribution in [2.75, 3.05) is 30.0 Å². The zero-order valence-corrected chi connectivity index (χ0v) is 15.0. The summed E-state index contributed by atoms with van der Waals surface area (Å²) < 4.78 is 5.98. The number of aromatic nitrogens is 2. The Labute approximate surface area is 144 Å². The van der Waals surface area contributed by atoms with Crippen LogP contribution in [-0.2, 0) is 4.79 Å². The standard InChI is InChI=1S/C15H20N4O2S2/c1-10(2)8-16-14-18-19-15(23-14)22-9-13(20)17-11-6-4-5-7-12(11)21-3/h4-7,10H,8-9H2,1-3H3,(H,16,18)(H,17,20). The maximum Gasteiger partial charge on any atom is 0.234 e. The molecule has 0 saturated heterocycles. The molecule has 0 radical (unpaired) electrons. The maximum absolute atomic E-state index is 12.0. The summed E-state index contributed by atoms with van der Waals surface area (Å²) in [6.45, 7) is 5.12. The normalized spacial score (nSPS) is 10.6. The van der Waals surface area contributed by atoms with Gasteiger partial charge in [0.25, 0.3) is 0 Å². The van der Waals surface area contributed by atoms with E-state index in [2.05, 4.69) is 34.7 Å². The molecular formula is C15H20N4O2S2. The first-order chi connectivity index (χ1) is 11.1. The summed E-state index contributed by atoms with van der Waals surface area (Å²) in [5.41, 5.74) is 0.664. The van der Waals surface area contributed by atoms with Crippen LogP contribution in [0.4, 0.5) is 10.8 Å². The molecule has 0 atom stereocenters. The number of nitrogens with one attached hydrogen (secondary N) is 2. The van der Waals surface area contributed by atoms with E-state index < -0.39 is 0 Å². The number of thioether (sulfide) groups is 1. The molecule has 1 aromatic heterocycles. The fourth-order valence-corrected chi connectivity index (χ4v) is 3.25. The highest BCUT2D eigenvalue weighted by atomic mass is 32.2. The number of carbonyl (C=O) groups excluding carboxylic acids is 1. The molecule has 0 aliphatic rings. The molecule has 2 rings (SSSR count). The summed E-state index contributed by atoms with van der Waals surface area (Å²) in [4.78, 5) is 12.0. The van der Waals surface area contributed by atoms with Crippen molar-refractivity contribution in [3.8, 4) is 5.75 Å². The molecule has 1 heterocycles. The molecule has 2 aromatic rings. The third kappa shape index (κ3) is 5.72. The lowest BCUT2D eigenvalue weighted by atomic mass is 10.2. The molecule has 0 aliphatic carbocycles. The molecule has 0 bridgehead atoms. The second-order valence-electron chi connectivity index (χ2n) is 5.19. The van der Waals surface area contributed by atoms with Gasteiger partial charge in [-0.15, -0.1) is 10.2 Å². The van der Waals surface area contributed by atoms with E-state index in [0.717, 1.165) is 16.0 Å². The summed E-state index contributed by atoms with van der Waals surface area (Å²) in [5.74, 6) is 1.35. The molecule has 124 valence electrons. The van der Waals surface area contributed by atoms with Gasteiger partial charge in [0.1, 0.15) is 5.75 Å². The SMILES string of the molecule is COc1ccccc1NC(=O)CSc1nnc(NCC(C)C)s1. The minimum Gasteiger partial charge on any atom is -0.495 e. The van der Waals surface area contributed by atoms with Gasteiger partial charge in [0.2, 0.25) is 11.0 Å². The van der Waals surface area contributed by atoms with Gasteiger partial charge in [0, 0.05) is 6.54 Å². The first-order valence-electron chi connectivity index (χ1n) is 7.21. The summed E-state index contributed by atoms with van der Waals surface area (Å²) >= 11 is 2.82. The van der Waals surface area contributed by atoms with Crippen LogP contribution in [0.25, 0.3) is 0 Å². The zero-order chi connectivity index (χ0) is 16.7. The zero-order valence-electron chi connectivity index (χ0n) is 13.3. The van der Waals surface area contributed by atoms with Crippen molar-refractivity contribution in [3.05, 3.63) is 24.3 Å². The number of amides is 1. The number of methoxy groups -OCH3 is 1. The molecule has 1 amide bonds. The van der Waals surface area contributed by atoms with E-state index in [-0.39, 0.29) is 11.7 Å². The Balaban J connectivity index is 1.82. The van der Waals surface area contributed by atoms with Crippen molar-refractivity contribution in [1.29, 1.82) is 0 Å². The van der Waals surface area contributed by atoms with E-state index in [0.29, 0.717) is 17.4 Å². The van der Waals surface area contributed by atoms with E-state index >= 15 is 0 Å². The highest BCUT2D eigenvalue weighted by molar-refractivity contribution is 8.01. The third-order valence-electron chi connectivity index (χ3n) is 2.78. The smallest absolute Gasteiger partial charge is 0.234 e. The lowest BCUT2D eigenvalue weighted by Gasteiger charge is -2.08. The largest absolute Gasteiger partial charge is 0.495 e. The van der Waals surface area contributed by atoms with Crippen molar-refractivity contribution in [3.63, 3.8) is 0 Å². The molecule has 0 fully saturated rings. The summed E-state index contributed by atoms with van der Waals surface area (Å²) in [7, 11) is 1.58. The molecule has 8 heteroatoms. The minimum absolute atomic E-state index is 0.105. The fourth-order valence-electron chi connectivity index (χ4n) is 1.69. The van der Waals surface area contributed by atoms with Gasteiger partial charge in [-0.25, -0.2) is 0 Å². The number of benzene rings is 1. The van der Waals surface area contributed by atoms with Gasteiger partial charge in [-0.1, -0.05) is 49.1 Å². The maximum atomic E-state index is 12.0. The number of anilines is 2. The van der Waals surface area contributed by atoms with Gasteiger partial charge in [-0.2, -0.15) is 0 Å². The Morgan fingerprint density at radius 3 is 2.87 bits per heavy atom. The Morgan fingerprint density at radius 2 is 2.13 bits per heavy atom. The average molecular weight is 352 g/mol. The third-order valence-corrected chi connectivity index (χ3v) is 4.79. The number of rotatable bonds is 8. The topological polar surface area (TPSA) is 76.1 Å². The van der Waals surface area contributed by atoms with Crippen LogP contribution in [0.1, 0.15) is 13.8 Å². The molecule has 2 N–H and O–H groups in total. The molecule has 0 spiro atoms. The van der Waals surface area contributed by atoms with Crippen LogP contribution in [0.5, 0.6) is 5.75 Å². The van der Waals surface area contributed by atoms with Crippen molar-refractivity contribution in [1.82, 2.24) is 10.2 Å². The number of ether oxygens (including phenoxy) is 1. The van der Waals surface area contributed by atoms with Crippen LogP contribution in [0.15, 0.2) is 28.6 Å². The summed E-state index contributed by atoms with van der Waals surface area (Å²) in [5, 5.41) is 15.0. The Kier molecular flexibility index (Phi) is 6.66. The Bertz CT molecular complexity index is 646. The summed E-state index contributed by atoms with van der Waals surface area (Å²) in [6.07, 6.45) is 0. The van der Waals surface area contributed by atoms with Crippen LogP contribution in [0, 0.1) is 5.92 Å². The second kappa shape index (κ2) is 8.73. The van der Waals surface area contributed by atoms with Gasteiger partial charge in [0.05, 0.1) is 18.6 Å². The van der Waals surface area contributed by atoms with Crippen LogP contribution in [-0.4, -0.2) is 35.5 Å².